The van der Waals surface area contributed by atoms with Crippen LogP contribution in [0.4, 0.5) is 15.8 Å². The van der Waals surface area contributed by atoms with Crippen molar-refractivity contribution < 1.29 is 23.9 Å². The minimum Gasteiger partial charge on any atom is -0.481 e. The number of carbonyl (C=O) groups is 3. The van der Waals surface area contributed by atoms with E-state index in [1.54, 1.807) is 0 Å². The minimum absolute atomic E-state index is 0.188. The van der Waals surface area contributed by atoms with Crippen LogP contribution in [0.2, 0.25) is 0 Å². The summed E-state index contributed by atoms with van der Waals surface area (Å²) < 4.78 is 14.5. The van der Waals surface area contributed by atoms with Crippen molar-refractivity contribution in [2.45, 2.75) is 37.8 Å². The molecule has 2 amide bonds. The van der Waals surface area contributed by atoms with E-state index in [0.717, 1.165) is 11.4 Å². The molecule has 3 rings (SSSR count). The van der Waals surface area contributed by atoms with Crippen molar-refractivity contribution in [2.24, 2.45) is 5.92 Å². The number of carbonyl (C=O) groups excluding carboxylic acids is 2. The van der Waals surface area contributed by atoms with E-state index in [-0.39, 0.29) is 30.6 Å². The van der Waals surface area contributed by atoms with Crippen molar-refractivity contribution >= 4 is 29.2 Å². The van der Waals surface area contributed by atoms with Crippen LogP contribution in [0.5, 0.6) is 0 Å². The van der Waals surface area contributed by atoms with E-state index in [9.17, 15) is 18.8 Å². The van der Waals surface area contributed by atoms with Gasteiger partial charge in [0.05, 0.1) is 12.3 Å². The quantitative estimate of drug-likeness (QED) is 0.656. The van der Waals surface area contributed by atoms with Crippen molar-refractivity contribution in [1.29, 1.82) is 0 Å². The predicted molar refractivity (Wildman–Crippen MR) is 98.3 cm³/mol. The van der Waals surface area contributed by atoms with Crippen LogP contribution in [0.1, 0.15) is 32.1 Å². The number of benzene rings is 1. The molecule has 27 heavy (non-hydrogen) atoms. The highest BCUT2D eigenvalue weighted by molar-refractivity contribution is 5.98. The van der Waals surface area contributed by atoms with E-state index >= 15 is 0 Å². The number of alkyl halides is 1. The van der Waals surface area contributed by atoms with Crippen molar-refractivity contribution in [2.75, 3.05) is 29.9 Å². The molecule has 3 N–H and O–H groups in total. The van der Waals surface area contributed by atoms with Gasteiger partial charge in [-0.15, -0.1) is 0 Å². The molecule has 7 nitrogen and oxygen atoms in total. The van der Waals surface area contributed by atoms with Crippen LogP contribution in [-0.4, -0.2) is 48.2 Å². The van der Waals surface area contributed by atoms with Gasteiger partial charge in [0.1, 0.15) is 5.67 Å². The van der Waals surface area contributed by atoms with Crippen molar-refractivity contribution in [3.63, 3.8) is 0 Å². The van der Waals surface area contributed by atoms with E-state index in [0.29, 0.717) is 32.5 Å². The van der Waals surface area contributed by atoms with Gasteiger partial charge in [0, 0.05) is 37.4 Å². The van der Waals surface area contributed by atoms with E-state index in [1.165, 1.54) is 0 Å². The summed E-state index contributed by atoms with van der Waals surface area (Å²) in [6.07, 6.45) is 0.813. The van der Waals surface area contributed by atoms with Gasteiger partial charge in [0.25, 0.3) is 0 Å². The zero-order valence-corrected chi connectivity index (χ0v) is 15.0. The Balaban J connectivity index is 1.56. The molecule has 1 aromatic carbocycles. The van der Waals surface area contributed by atoms with Crippen LogP contribution < -0.4 is 15.5 Å². The normalized spacial score (nSPS) is 22.3. The molecule has 2 aliphatic rings. The van der Waals surface area contributed by atoms with Crippen LogP contribution in [0.15, 0.2) is 24.3 Å². The first-order valence-electron chi connectivity index (χ1n) is 9.18. The second kappa shape index (κ2) is 7.94. The summed E-state index contributed by atoms with van der Waals surface area (Å²) in [6.45, 7) is 1.36. The van der Waals surface area contributed by atoms with Gasteiger partial charge in [-0.1, -0.05) is 6.07 Å². The summed E-state index contributed by atoms with van der Waals surface area (Å²) in [6, 6.07) is 7.65. The van der Waals surface area contributed by atoms with Gasteiger partial charge in [-0.25, -0.2) is 4.39 Å². The van der Waals surface area contributed by atoms with E-state index in [4.69, 9.17) is 5.11 Å². The Labute approximate surface area is 156 Å². The number of rotatable bonds is 6. The fraction of sp³-hybridized carbons (Fsp3) is 0.526. The van der Waals surface area contributed by atoms with Gasteiger partial charge in [-0.05, 0) is 37.5 Å². The largest absolute Gasteiger partial charge is 0.481 e. The second-order valence-corrected chi connectivity index (χ2v) is 7.29. The number of hydrogen-bond donors (Lipinski definition) is 3. The van der Waals surface area contributed by atoms with E-state index < -0.39 is 18.1 Å². The molecule has 1 unspecified atom stereocenters. The lowest BCUT2D eigenvalue weighted by atomic mass is 9.90. The molecule has 2 aliphatic heterocycles. The van der Waals surface area contributed by atoms with Gasteiger partial charge < -0.3 is 15.3 Å². The molecular formula is C19H24FN3O4. The fourth-order valence-corrected chi connectivity index (χ4v) is 3.60. The average Bonchev–Trinajstić information content (AvgIpc) is 2.61. The van der Waals surface area contributed by atoms with Crippen molar-refractivity contribution in [3.8, 4) is 0 Å². The molecule has 146 valence electrons. The first-order chi connectivity index (χ1) is 12.8. The van der Waals surface area contributed by atoms with Crippen LogP contribution in [0, 0.1) is 5.92 Å². The molecule has 1 aromatic rings. The number of amides is 2. The third-order valence-electron chi connectivity index (χ3n) is 5.24. The Morgan fingerprint density at radius 2 is 2.07 bits per heavy atom. The number of imide groups is 1. The first kappa shape index (κ1) is 19.1. The molecule has 0 radical (unpaired) electrons. The molecule has 2 fully saturated rings. The second-order valence-electron chi connectivity index (χ2n) is 7.29. The maximum Gasteiger partial charge on any atom is 0.306 e. The van der Waals surface area contributed by atoms with Crippen molar-refractivity contribution in [1.82, 2.24) is 5.32 Å². The lowest BCUT2D eigenvalue weighted by Gasteiger charge is -2.37. The summed E-state index contributed by atoms with van der Waals surface area (Å²) in [7, 11) is 0. The Morgan fingerprint density at radius 1 is 1.33 bits per heavy atom. The smallest absolute Gasteiger partial charge is 0.306 e. The number of carboxylic acid groups (broad SMARTS) is 1. The molecule has 2 heterocycles. The lowest BCUT2D eigenvalue weighted by Crippen LogP contribution is -2.43. The van der Waals surface area contributed by atoms with Crippen molar-refractivity contribution in [3.05, 3.63) is 24.3 Å². The third-order valence-corrected chi connectivity index (χ3v) is 5.24. The molecule has 0 bridgehead atoms. The third kappa shape index (κ3) is 4.96. The highest BCUT2D eigenvalue weighted by Crippen LogP contribution is 2.33. The molecule has 0 aliphatic carbocycles. The Bertz CT molecular complexity index is 731. The number of hydrogen-bond acceptors (Lipinski definition) is 5. The highest BCUT2D eigenvalue weighted by Gasteiger charge is 2.36. The zero-order chi connectivity index (χ0) is 19.4. The number of piperidine rings is 2. The zero-order valence-electron chi connectivity index (χ0n) is 15.0. The highest BCUT2D eigenvalue weighted by atomic mass is 19.1. The first-order valence-corrected chi connectivity index (χ1v) is 9.18. The molecule has 0 aromatic heterocycles. The Morgan fingerprint density at radius 3 is 2.74 bits per heavy atom. The minimum atomic E-state index is -1.63. The SMILES string of the molecule is O=C(O)CC1(F)CCN(c2cccc(NCC3CCC(=O)NC3=O)c2)CC1. The van der Waals surface area contributed by atoms with Gasteiger partial charge in [0.2, 0.25) is 11.8 Å². The Kier molecular flexibility index (Phi) is 5.62. The number of halogens is 1. The number of nitrogens with one attached hydrogen (secondary N) is 2. The van der Waals surface area contributed by atoms with Crippen LogP contribution in [0.3, 0.4) is 0 Å². The van der Waals surface area contributed by atoms with Gasteiger partial charge in [0.15, 0.2) is 0 Å². The number of carboxylic acids is 1. The maximum absolute atomic E-state index is 14.5. The summed E-state index contributed by atoms with van der Waals surface area (Å²) in [4.78, 5) is 35.9. The van der Waals surface area contributed by atoms with Crippen LogP contribution >= 0.6 is 0 Å². The lowest BCUT2D eigenvalue weighted by molar-refractivity contribution is -0.141. The van der Waals surface area contributed by atoms with Gasteiger partial charge >= 0.3 is 5.97 Å². The number of aliphatic carboxylic acids is 1. The molecule has 0 spiro atoms. The summed E-state index contributed by atoms with van der Waals surface area (Å²) in [5.41, 5.74) is 0.143. The Hall–Kier alpha value is -2.64. The number of nitrogens with zero attached hydrogens (tertiary/aromatic N) is 1. The standard InChI is InChI=1S/C19H24FN3O4/c20-19(11-17(25)26)6-8-23(9-7-19)15-3-1-2-14(10-15)21-12-13-4-5-16(24)22-18(13)27/h1-3,10,13,21H,4-9,11-12H2,(H,25,26)(H,22,24,27). The van der Waals surface area contributed by atoms with E-state index in [2.05, 4.69) is 10.6 Å². The number of anilines is 2. The summed E-state index contributed by atoms with van der Waals surface area (Å²) in [5.74, 6) is -1.83. The molecule has 8 heteroatoms. The maximum atomic E-state index is 14.5. The fourth-order valence-electron chi connectivity index (χ4n) is 3.60. The summed E-state index contributed by atoms with van der Waals surface area (Å²) >= 11 is 0. The topological polar surface area (TPSA) is 98.7 Å². The van der Waals surface area contributed by atoms with Crippen LogP contribution in [-0.2, 0) is 14.4 Å². The molecule has 1 atom stereocenters. The van der Waals surface area contributed by atoms with Gasteiger partial charge in [-0.3, -0.25) is 19.7 Å². The predicted octanol–water partition coefficient (Wildman–Crippen LogP) is 1.93. The molecular weight excluding hydrogens is 353 g/mol. The summed E-state index contributed by atoms with van der Waals surface area (Å²) in [5, 5.41) is 14.4. The average molecular weight is 377 g/mol. The molecule has 0 saturated carbocycles. The molecule has 2 saturated heterocycles. The van der Waals surface area contributed by atoms with Gasteiger partial charge in [-0.2, -0.15) is 0 Å². The van der Waals surface area contributed by atoms with Crippen LogP contribution in [0.25, 0.3) is 0 Å². The van der Waals surface area contributed by atoms with E-state index in [1.807, 2.05) is 29.2 Å². The monoisotopic (exact) mass is 377 g/mol.